The number of hydrogen-bond donors (Lipinski definition) is 1. The first-order valence-corrected chi connectivity index (χ1v) is 10.4. The monoisotopic (exact) mass is 417 g/mol. The summed E-state index contributed by atoms with van der Waals surface area (Å²) in [6.07, 6.45) is 1.74. The second-order valence-corrected chi connectivity index (χ2v) is 8.19. The number of hydrogen-bond acceptors (Lipinski definition) is 3. The van der Waals surface area contributed by atoms with Crippen LogP contribution in [0.4, 0.5) is 0 Å². The second kappa shape index (κ2) is 7.03. The maximum Gasteiger partial charge on any atom is 0.282 e. The lowest BCUT2D eigenvalue weighted by Crippen LogP contribution is -2.14. The average Bonchev–Trinajstić information content (AvgIpc) is 3.37. The van der Waals surface area contributed by atoms with E-state index in [2.05, 4.69) is 39.7 Å². The Bertz CT molecular complexity index is 1330. The van der Waals surface area contributed by atoms with E-state index in [0.29, 0.717) is 22.0 Å². The summed E-state index contributed by atoms with van der Waals surface area (Å²) in [5.74, 6) is 0. The van der Waals surface area contributed by atoms with Gasteiger partial charge in [-0.3, -0.25) is 4.79 Å². The van der Waals surface area contributed by atoms with Crippen LogP contribution in [-0.2, 0) is 0 Å². The van der Waals surface area contributed by atoms with Gasteiger partial charge in [0.2, 0.25) is 0 Å². The van der Waals surface area contributed by atoms with Gasteiger partial charge in [0.1, 0.15) is 5.69 Å². The van der Waals surface area contributed by atoms with Gasteiger partial charge >= 0.3 is 0 Å². The van der Waals surface area contributed by atoms with Crippen LogP contribution in [0, 0.1) is 6.92 Å². The lowest BCUT2D eigenvalue weighted by molar-refractivity contribution is 0.858. The van der Waals surface area contributed by atoms with Gasteiger partial charge in [0, 0.05) is 27.4 Å². The van der Waals surface area contributed by atoms with Gasteiger partial charge in [-0.25, -0.2) is 0 Å². The van der Waals surface area contributed by atoms with Crippen molar-refractivity contribution in [2.45, 2.75) is 6.92 Å². The minimum Gasteiger partial charge on any atom is -0.364 e. The standard InChI is InChI=1S/C23H16ClN3OS/c1-14-21(16-5-2-4-15(12-16)20-6-3-11-29-20)22-19(13-25-14)23(28)27(26-22)18-9-7-17(24)8-10-18/h2-13,25H,1H3. The van der Waals surface area contributed by atoms with E-state index >= 15 is 0 Å². The molecule has 0 saturated carbocycles. The summed E-state index contributed by atoms with van der Waals surface area (Å²) in [5, 5.41) is 7.37. The predicted octanol–water partition coefficient (Wildman–Crippen LogP) is 6.02. The minimum atomic E-state index is -0.158. The molecule has 4 nitrogen and oxygen atoms in total. The quantitative estimate of drug-likeness (QED) is 0.390. The Balaban J connectivity index is 1.72. The molecule has 0 saturated heterocycles. The van der Waals surface area contributed by atoms with Gasteiger partial charge in [-0.1, -0.05) is 35.9 Å². The number of thiophene rings is 1. The molecule has 3 heterocycles. The number of pyridine rings is 1. The van der Waals surface area contributed by atoms with E-state index in [-0.39, 0.29) is 5.56 Å². The summed E-state index contributed by atoms with van der Waals surface area (Å²) in [4.78, 5) is 17.5. The summed E-state index contributed by atoms with van der Waals surface area (Å²) in [6.45, 7) is 2.00. The van der Waals surface area contributed by atoms with Crippen molar-refractivity contribution in [1.29, 1.82) is 0 Å². The summed E-state index contributed by atoms with van der Waals surface area (Å²) in [5.41, 5.74) is 5.84. The van der Waals surface area contributed by atoms with E-state index in [4.69, 9.17) is 11.6 Å². The number of nitrogens with one attached hydrogen (secondary N) is 1. The van der Waals surface area contributed by atoms with Gasteiger partial charge in [0.25, 0.3) is 5.56 Å². The molecular weight excluding hydrogens is 402 g/mol. The first-order valence-electron chi connectivity index (χ1n) is 9.13. The second-order valence-electron chi connectivity index (χ2n) is 6.80. The molecule has 2 aromatic carbocycles. The third kappa shape index (κ3) is 3.09. The maximum atomic E-state index is 13.0. The van der Waals surface area contributed by atoms with Crippen LogP contribution < -0.4 is 5.56 Å². The largest absolute Gasteiger partial charge is 0.364 e. The molecule has 1 aromatic heterocycles. The van der Waals surface area contributed by atoms with Crippen LogP contribution >= 0.6 is 22.9 Å². The first-order chi connectivity index (χ1) is 14.1. The van der Waals surface area contributed by atoms with Crippen molar-refractivity contribution < 1.29 is 0 Å². The Kier molecular flexibility index (Phi) is 4.34. The topological polar surface area (TPSA) is 50.7 Å². The maximum absolute atomic E-state index is 13.0. The number of aromatic amines is 1. The number of rotatable bonds is 3. The van der Waals surface area contributed by atoms with Crippen molar-refractivity contribution in [1.82, 2.24) is 14.8 Å². The van der Waals surface area contributed by atoms with Crippen LogP contribution in [0.15, 0.2) is 77.0 Å². The molecule has 0 amide bonds. The van der Waals surface area contributed by atoms with Gasteiger partial charge in [-0.15, -0.1) is 11.3 Å². The highest BCUT2D eigenvalue weighted by atomic mass is 35.5. The Morgan fingerprint density at radius 2 is 1.83 bits per heavy atom. The predicted molar refractivity (Wildman–Crippen MR) is 119 cm³/mol. The third-order valence-corrected chi connectivity index (χ3v) is 6.12. The highest BCUT2D eigenvalue weighted by molar-refractivity contribution is 7.13. The molecule has 0 aliphatic carbocycles. The van der Waals surface area contributed by atoms with E-state index in [9.17, 15) is 4.79 Å². The van der Waals surface area contributed by atoms with Crippen molar-refractivity contribution in [3.63, 3.8) is 0 Å². The number of benzene rings is 2. The van der Waals surface area contributed by atoms with Crippen LogP contribution in [0.3, 0.4) is 0 Å². The number of aromatic nitrogens is 3. The van der Waals surface area contributed by atoms with Crippen LogP contribution in [0.1, 0.15) is 5.69 Å². The minimum absolute atomic E-state index is 0.158. The molecule has 6 heteroatoms. The van der Waals surface area contributed by atoms with Crippen molar-refractivity contribution in [2.75, 3.05) is 0 Å². The van der Waals surface area contributed by atoms with E-state index in [1.165, 1.54) is 9.56 Å². The Labute approximate surface area is 176 Å². The van der Waals surface area contributed by atoms with Crippen LogP contribution in [0.25, 0.3) is 38.5 Å². The number of fused-ring (bicyclic) bond motifs is 1. The van der Waals surface area contributed by atoms with Crippen molar-refractivity contribution >= 4 is 22.9 Å². The molecule has 142 valence electrons. The van der Waals surface area contributed by atoms with Crippen LogP contribution in [0.2, 0.25) is 5.02 Å². The van der Waals surface area contributed by atoms with Gasteiger partial charge < -0.3 is 4.98 Å². The van der Waals surface area contributed by atoms with E-state index in [1.54, 1.807) is 41.8 Å². The van der Waals surface area contributed by atoms with Crippen molar-refractivity contribution in [2.24, 2.45) is 0 Å². The van der Waals surface area contributed by atoms with Crippen molar-refractivity contribution in [3.05, 3.63) is 93.3 Å². The van der Waals surface area contributed by atoms with E-state index < -0.39 is 0 Å². The van der Waals surface area contributed by atoms with Crippen LogP contribution in [-0.4, -0.2) is 14.8 Å². The van der Waals surface area contributed by atoms with Gasteiger partial charge in [0.05, 0.1) is 11.3 Å². The fraction of sp³-hybridized carbons (Fsp3) is 0.0435. The highest BCUT2D eigenvalue weighted by Crippen LogP contribution is 2.35. The lowest BCUT2D eigenvalue weighted by atomic mass is 9.97. The molecule has 0 bridgehead atoms. The van der Waals surface area contributed by atoms with Gasteiger partial charge in [0.15, 0.2) is 0 Å². The summed E-state index contributed by atoms with van der Waals surface area (Å²) < 4.78 is 1.43. The smallest absolute Gasteiger partial charge is 0.282 e. The molecule has 0 radical (unpaired) electrons. The Morgan fingerprint density at radius 1 is 1.03 bits per heavy atom. The first kappa shape index (κ1) is 17.9. The zero-order chi connectivity index (χ0) is 20.0. The zero-order valence-electron chi connectivity index (χ0n) is 15.5. The van der Waals surface area contributed by atoms with Gasteiger partial charge in [-0.05, 0) is 59.8 Å². The Morgan fingerprint density at radius 3 is 2.59 bits per heavy atom. The molecule has 0 spiro atoms. The fourth-order valence-corrected chi connectivity index (χ4v) is 4.39. The molecular formula is C23H16ClN3OS. The molecule has 5 rings (SSSR count). The normalized spacial score (nSPS) is 11.2. The molecule has 1 N–H and O–H groups in total. The molecule has 0 atom stereocenters. The van der Waals surface area contributed by atoms with E-state index in [0.717, 1.165) is 22.4 Å². The number of nitrogens with zero attached hydrogens (tertiary/aromatic N) is 2. The molecule has 29 heavy (non-hydrogen) atoms. The van der Waals surface area contributed by atoms with Gasteiger partial charge in [-0.2, -0.15) is 9.78 Å². The molecule has 2 aliphatic rings. The fourth-order valence-electron chi connectivity index (χ4n) is 3.54. The molecule has 3 aromatic rings. The summed E-state index contributed by atoms with van der Waals surface area (Å²) in [6, 6.07) is 19.6. The highest BCUT2D eigenvalue weighted by Gasteiger charge is 2.22. The molecule has 0 unspecified atom stereocenters. The Hall–Kier alpha value is -3.15. The number of H-pyrrole nitrogens is 1. The summed E-state index contributed by atoms with van der Waals surface area (Å²) in [7, 11) is 0. The third-order valence-electron chi connectivity index (χ3n) is 4.95. The number of aryl methyl sites for hydroxylation is 1. The molecule has 0 fully saturated rings. The SMILES string of the molecule is Cc1[nH]cc2c(=O)n(-c3ccc(Cl)cc3)nc-2c1-c1cccc(-c2cccs2)c1. The van der Waals surface area contributed by atoms with Crippen molar-refractivity contribution in [3.8, 4) is 38.5 Å². The summed E-state index contributed by atoms with van der Waals surface area (Å²) >= 11 is 7.69. The van der Waals surface area contributed by atoms with Crippen LogP contribution in [0.5, 0.6) is 0 Å². The zero-order valence-corrected chi connectivity index (χ0v) is 17.1. The van der Waals surface area contributed by atoms with E-state index in [1.807, 2.05) is 19.1 Å². The number of halogens is 1. The lowest BCUT2D eigenvalue weighted by Gasteiger charge is -2.11. The molecule has 2 aliphatic heterocycles. The average molecular weight is 418 g/mol.